The van der Waals surface area contributed by atoms with Gasteiger partial charge in [0.1, 0.15) is 6.79 Å². The molecule has 0 aromatic carbocycles. The zero-order valence-corrected chi connectivity index (χ0v) is 12.5. The summed E-state index contributed by atoms with van der Waals surface area (Å²) in [4.78, 5) is 0. The number of hydrogen-bond donors (Lipinski definition) is 0. The molecule has 3 heteroatoms. The van der Waals surface area contributed by atoms with Gasteiger partial charge in [0, 0.05) is 13.0 Å². The third kappa shape index (κ3) is 7.02. The standard InChI is InChI=1S/C14H30O3/c1-10(2)11(3)8-16-9-17-14(6)12(4)13(5)15-7/h10-14H,8-9H2,1-7H3/t11-,12?,13?,14?/m1/s1. The third-order valence-corrected chi connectivity index (χ3v) is 3.79. The van der Waals surface area contributed by atoms with Crippen LogP contribution in [0.5, 0.6) is 0 Å². The van der Waals surface area contributed by atoms with Crippen LogP contribution in [-0.2, 0) is 14.2 Å². The molecule has 0 N–H and O–H groups in total. The van der Waals surface area contributed by atoms with Crippen LogP contribution in [0.1, 0.15) is 41.5 Å². The Labute approximate surface area is 107 Å². The monoisotopic (exact) mass is 246 g/mol. The van der Waals surface area contributed by atoms with Crippen molar-refractivity contribution >= 4 is 0 Å². The average Bonchev–Trinajstić information content (AvgIpc) is 2.31. The molecule has 0 radical (unpaired) electrons. The van der Waals surface area contributed by atoms with E-state index in [2.05, 4.69) is 41.5 Å². The molecule has 0 aliphatic rings. The van der Waals surface area contributed by atoms with E-state index in [1.165, 1.54) is 0 Å². The van der Waals surface area contributed by atoms with Gasteiger partial charge in [0.15, 0.2) is 0 Å². The topological polar surface area (TPSA) is 27.7 Å². The Bertz CT molecular complexity index is 182. The van der Waals surface area contributed by atoms with E-state index in [0.717, 1.165) is 6.61 Å². The molecule has 104 valence electrons. The molecule has 0 rings (SSSR count). The molecule has 0 spiro atoms. The molecule has 0 aromatic heterocycles. The van der Waals surface area contributed by atoms with Gasteiger partial charge in [0.25, 0.3) is 0 Å². The molecule has 3 unspecified atom stereocenters. The second-order valence-corrected chi connectivity index (χ2v) is 5.38. The second-order valence-electron chi connectivity index (χ2n) is 5.38. The SMILES string of the molecule is COC(C)C(C)C(C)OCOC[C@@H](C)C(C)C. The van der Waals surface area contributed by atoms with E-state index in [0.29, 0.717) is 24.5 Å². The lowest BCUT2D eigenvalue weighted by molar-refractivity contribution is -0.121. The Hall–Kier alpha value is -0.120. The minimum absolute atomic E-state index is 0.152. The van der Waals surface area contributed by atoms with Gasteiger partial charge < -0.3 is 14.2 Å². The van der Waals surface area contributed by atoms with Crippen molar-refractivity contribution in [2.24, 2.45) is 17.8 Å². The van der Waals surface area contributed by atoms with Crippen molar-refractivity contribution in [3.05, 3.63) is 0 Å². The van der Waals surface area contributed by atoms with Gasteiger partial charge in [-0.2, -0.15) is 0 Å². The van der Waals surface area contributed by atoms with Crippen molar-refractivity contribution in [1.29, 1.82) is 0 Å². The zero-order valence-electron chi connectivity index (χ0n) is 12.5. The fraction of sp³-hybridized carbons (Fsp3) is 1.00. The van der Waals surface area contributed by atoms with Crippen LogP contribution < -0.4 is 0 Å². The van der Waals surface area contributed by atoms with Crippen LogP contribution in [0.4, 0.5) is 0 Å². The Balaban J connectivity index is 3.67. The highest BCUT2D eigenvalue weighted by Crippen LogP contribution is 2.14. The van der Waals surface area contributed by atoms with Crippen molar-refractivity contribution < 1.29 is 14.2 Å². The molecule has 4 atom stereocenters. The predicted molar refractivity (Wildman–Crippen MR) is 71.0 cm³/mol. The lowest BCUT2D eigenvalue weighted by Gasteiger charge is -2.25. The van der Waals surface area contributed by atoms with E-state index in [1.54, 1.807) is 7.11 Å². The van der Waals surface area contributed by atoms with Gasteiger partial charge in [-0.3, -0.25) is 0 Å². The lowest BCUT2D eigenvalue weighted by Crippen LogP contribution is -2.29. The normalized spacial score (nSPS) is 19.1. The lowest BCUT2D eigenvalue weighted by atomic mass is 9.99. The van der Waals surface area contributed by atoms with Gasteiger partial charge in [-0.05, 0) is 25.7 Å². The molecule has 0 aliphatic carbocycles. The van der Waals surface area contributed by atoms with Crippen LogP contribution >= 0.6 is 0 Å². The summed E-state index contributed by atoms with van der Waals surface area (Å²) in [7, 11) is 1.73. The third-order valence-electron chi connectivity index (χ3n) is 3.79. The Morgan fingerprint density at radius 3 is 1.94 bits per heavy atom. The van der Waals surface area contributed by atoms with E-state index in [4.69, 9.17) is 14.2 Å². The summed E-state index contributed by atoms with van der Waals surface area (Å²) in [5.74, 6) is 1.59. The molecule has 0 saturated carbocycles. The predicted octanol–water partition coefficient (Wildman–Crippen LogP) is 3.33. The van der Waals surface area contributed by atoms with E-state index in [-0.39, 0.29) is 12.2 Å². The van der Waals surface area contributed by atoms with Crippen molar-refractivity contribution in [2.45, 2.75) is 53.8 Å². The molecule has 0 fully saturated rings. The summed E-state index contributed by atoms with van der Waals surface area (Å²) in [6.45, 7) is 14.0. The number of hydrogen-bond acceptors (Lipinski definition) is 3. The maximum atomic E-state index is 5.65. The molecule has 0 heterocycles. The molecule has 0 aliphatic heterocycles. The summed E-state index contributed by atoms with van der Waals surface area (Å²) < 4.78 is 16.5. The molecule has 3 nitrogen and oxygen atoms in total. The maximum absolute atomic E-state index is 5.65. The second kappa shape index (κ2) is 8.90. The average molecular weight is 246 g/mol. The van der Waals surface area contributed by atoms with E-state index in [1.807, 2.05) is 0 Å². The van der Waals surface area contributed by atoms with Gasteiger partial charge in [-0.15, -0.1) is 0 Å². The number of rotatable bonds is 9. The van der Waals surface area contributed by atoms with Gasteiger partial charge in [-0.1, -0.05) is 27.7 Å². The smallest absolute Gasteiger partial charge is 0.147 e. The number of methoxy groups -OCH3 is 1. The summed E-state index contributed by atoms with van der Waals surface area (Å²) in [5.41, 5.74) is 0. The summed E-state index contributed by atoms with van der Waals surface area (Å²) in [6, 6.07) is 0. The van der Waals surface area contributed by atoms with Crippen LogP contribution in [0, 0.1) is 17.8 Å². The Morgan fingerprint density at radius 2 is 1.47 bits per heavy atom. The van der Waals surface area contributed by atoms with Crippen molar-refractivity contribution in [2.75, 3.05) is 20.5 Å². The van der Waals surface area contributed by atoms with Gasteiger partial charge in [0.05, 0.1) is 18.8 Å². The molecular formula is C14H30O3. The highest BCUT2D eigenvalue weighted by Gasteiger charge is 2.19. The van der Waals surface area contributed by atoms with Crippen LogP contribution in [0.3, 0.4) is 0 Å². The van der Waals surface area contributed by atoms with E-state index < -0.39 is 0 Å². The molecule has 0 saturated heterocycles. The van der Waals surface area contributed by atoms with E-state index in [9.17, 15) is 0 Å². The first-order valence-electron chi connectivity index (χ1n) is 6.62. The highest BCUT2D eigenvalue weighted by atomic mass is 16.7. The van der Waals surface area contributed by atoms with Crippen LogP contribution in [-0.4, -0.2) is 32.7 Å². The quantitative estimate of drug-likeness (QED) is 0.461. The fourth-order valence-corrected chi connectivity index (χ4v) is 1.33. The first-order chi connectivity index (χ1) is 7.90. The van der Waals surface area contributed by atoms with Gasteiger partial charge in [-0.25, -0.2) is 0 Å². The molecule has 17 heavy (non-hydrogen) atoms. The van der Waals surface area contributed by atoms with Crippen molar-refractivity contribution in [3.8, 4) is 0 Å². The molecule has 0 aromatic rings. The van der Waals surface area contributed by atoms with Crippen LogP contribution in [0.25, 0.3) is 0 Å². The van der Waals surface area contributed by atoms with E-state index >= 15 is 0 Å². The van der Waals surface area contributed by atoms with Crippen molar-refractivity contribution in [1.82, 2.24) is 0 Å². The summed E-state index contributed by atoms with van der Waals surface area (Å²) in [5, 5.41) is 0. The summed E-state index contributed by atoms with van der Waals surface area (Å²) >= 11 is 0. The fourth-order valence-electron chi connectivity index (χ4n) is 1.33. The van der Waals surface area contributed by atoms with Crippen molar-refractivity contribution in [3.63, 3.8) is 0 Å². The summed E-state index contributed by atoms with van der Waals surface area (Å²) in [6.07, 6.45) is 0.360. The molecule has 0 bridgehead atoms. The largest absolute Gasteiger partial charge is 0.381 e. The van der Waals surface area contributed by atoms with Crippen LogP contribution in [0.2, 0.25) is 0 Å². The first-order valence-corrected chi connectivity index (χ1v) is 6.62. The number of ether oxygens (including phenoxy) is 3. The minimum Gasteiger partial charge on any atom is -0.381 e. The van der Waals surface area contributed by atoms with Crippen LogP contribution in [0.15, 0.2) is 0 Å². The highest BCUT2D eigenvalue weighted by molar-refractivity contribution is 4.67. The van der Waals surface area contributed by atoms with Gasteiger partial charge in [0.2, 0.25) is 0 Å². The zero-order chi connectivity index (χ0) is 13.4. The Morgan fingerprint density at radius 1 is 0.882 bits per heavy atom. The molecule has 0 amide bonds. The Kier molecular flexibility index (Phi) is 8.83. The minimum atomic E-state index is 0.152. The molecular weight excluding hydrogens is 216 g/mol. The van der Waals surface area contributed by atoms with Gasteiger partial charge >= 0.3 is 0 Å². The maximum Gasteiger partial charge on any atom is 0.147 e. The first kappa shape index (κ1) is 16.9.